The highest BCUT2D eigenvalue weighted by atomic mass is 16.5. The van der Waals surface area contributed by atoms with Crippen molar-refractivity contribution in [3.8, 4) is 0 Å². The molecule has 3 N–H and O–H groups in total. The summed E-state index contributed by atoms with van der Waals surface area (Å²) in [4.78, 5) is 24.6. The van der Waals surface area contributed by atoms with Crippen LogP contribution in [0.25, 0.3) is 0 Å². The lowest BCUT2D eigenvalue weighted by atomic mass is 10.0. The second-order valence-electron chi connectivity index (χ2n) is 27.7. The van der Waals surface area contributed by atoms with E-state index < -0.39 is 12.1 Å². The summed E-state index contributed by atoms with van der Waals surface area (Å²) in [5.74, 6) is -0.0213. The maximum absolute atomic E-state index is 12.6. The zero-order valence-corrected chi connectivity index (χ0v) is 59.7. The molecular weight excluding hydrogens is 1080 g/mol. The largest absolute Gasteiger partial charge is 0.466 e. The van der Waals surface area contributed by atoms with Gasteiger partial charge in [0, 0.05) is 12.8 Å². The van der Waals surface area contributed by atoms with Crippen LogP contribution in [-0.4, -0.2) is 47.4 Å². The number of esters is 1. The van der Waals surface area contributed by atoms with Gasteiger partial charge in [-0.15, -0.1) is 0 Å². The number of aliphatic hydroxyl groups is 2. The molecule has 0 heterocycles. The number of aliphatic hydroxyl groups excluding tert-OH is 2. The first-order valence-corrected chi connectivity index (χ1v) is 40.2. The third-order valence-electron chi connectivity index (χ3n) is 18.9. The fraction of sp³-hybridized carbons (Fsp3) is 0.902. The Hall–Kier alpha value is -1.92. The van der Waals surface area contributed by atoms with Gasteiger partial charge < -0.3 is 20.3 Å². The average molecular weight is 1240 g/mol. The van der Waals surface area contributed by atoms with E-state index in [1.807, 2.05) is 0 Å². The van der Waals surface area contributed by atoms with Crippen LogP contribution in [0.15, 0.2) is 36.5 Å². The molecule has 0 fully saturated rings. The van der Waals surface area contributed by atoms with Gasteiger partial charge in [-0.05, 0) is 83.5 Å². The highest BCUT2D eigenvalue weighted by Gasteiger charge is 2.20. The average Bonchev–Trinajstić information content (AvgIpc) is 3.58. The maximum Gasteiger partial charge on any atom is 0.305 e. The van der Waals surface area contributed by atoms with Crippen LogP contribution >= 0.6 is 0 Å². The molecule has 0 rings (SSSR count). The molecule has 0 spiro atoms. The van der Waals surface area contributed by atoms with Crippen LogP contribution in [0.1, 0.15) is 450 Å². The summed E-state index contributed by atoms with van der Waals surface area (Å²) in [6.45, 7) is 4.98. The third kappa shape index (κ3) is 73.1. The van der Waals surface area contributed by atoms with Gasteiger partial charge >= 0.3 is 5.97 Å². The van der Waals surface area contributed by atoms with Crippen LogP contribution in [0.4, 0.5) is 0 Å². The molecular formula is C82H157NO5. The predicted molar refractivity (Wildman–Crippen MR) is 389 cm³/mol. The molecule has 0 aromatic heterocycles. The lowest BCUT2D eigenvalue weighted by molar-refractivity contribution is -0.143. The molecule has 0 aliphatic rings. The standard InChI is InChI=1S/C82H157NO5/c1-3-5-7-9-11-13-15-17-19-20-21-22-23-35-38-41-44-47-50-54-58-62-66-70-74-80(85)79(78-84)83-81(86)75-71-67-63-59-55-51-48-45-42-39-36-33-31-29-27-25-24-26-28-30-32-34-37-40-43-46-49-53-57-61-65-69-73-77-88-82(87)76-72-68-64-60-56-52-18-16-14-12-10-8-6-4-2/h16,18,28,30,34,37,79-80,84-85H,3-15,17,19-27,29,31-33,35-36,38-78H2,1-2H3,(H,83,86)/b18-16-,30-28-,37-34-. The number of nitrogens with one attached hydrogen (secondary N) is 1. The van der Waals surface area contributed by atoms with Gasteiger partial charge in [0.15, 0.2) is 0 Å². The van der Waals surface area contributed by atoms with Gasteiger partial charge in [0.25, 0.3) is 0 Å². The Morgan fingerprint density at radius 2 is 0.568 bits per heavy atom. The van der Waals surface area contributed by atoms with Crippen molar-refractivity contribution in [2.45, 2.75) is 463 Å². The smallest absolute Gasteiger partial charge is 0.305 e. The van der Waals surface area contributed by atoms with E-state index in [1.54, 1.807) is 0 Å². The molecule has 0 aliphatic heterocycles. The molecule has 6 heteroatoms. The van der Waals surface area contributed by atoms with Crippen molar-refractivity contribution >= 4 is 11.9 Å². The van der Waals surface area contributed by atoms with Crippen molar-refractivity contribution in [2.75, 3.05) is 13.2 Å². The van der Waals surface area contributed by atoms with Gasteiger partial charge in [0.05, 0.1) is 25.4 Å². The summed E-state index contributed by atoms with van der Waals surface area (Å²) in [6.07, 6.45) is 101. The maximum atomic E-state index is 12.6. The number of rotatable bonds is 76. The fourth-order valence-electron chi connectivity index (χ4n) is 12.8. The zero-order valence-electron chi connectivity index (χ0n) is 59.7. The first-order chi connectivity index (χ1) is 43.5. The second kappa shape index (κ2) is 77.5. The van der Waals surface area contributed by atoms with E-state index in [2.05, 4.69) is 55.6 Å². The van der Waals surface area contributed by atoms with Crippen LogP contribution < -0.4 is 5.32 Å². The Bertz CT molecular complexity index is 1430. The molecule has 2 unspecified atom stereocenters. The summed E-state index contributed by atoms with van der Waals surface area (Å²) in [5.41, 5.74) is 0. The van der Waals surface area contributed by atoms with Gasteiger partial charge in [-0.2, -0.15) is 0 Å². The Morgan fingerprint density at radius 3 is 0.875 bits per heavy atom. The predicted octanol–water partition coefficient (Wildman–Crippen LogP) is 26.6. The topological polar surface area (TPSA) is 95.9 Å². The van der Waals surface area contributed by atoms with E-state index in [4.69, 9.17) is 4.74 Å². The van der Waals surface area contributed by atoms with E-state index >= 15 is 0 Å². The minimum absolute atomic E-state index is 0.00637. The van der Waals surface area contributed by atoms with Crippen molar-refractivity contribution in [1.29, 1.82) is 0 Å². The number of ether oxygens (including phenoxy) is 1. The van der Waals surface area contributed by atoms with Crippen molar-refractivity contribution in [3.63, 3.8) is 0 Å². The number of allylic oxidation sites excluding steroid dienone is 6. The molecule has 0 aliphatic carbocycles. The van der Waals surface area contributed by atoms with E-state index in [0.29, 0.717) is 25.9 Å². The summed E-state index contributed by atoms with van der Waals surface area (Å²) >= 11 is 0. The van der Waals surface area contributed by atoms with Gasteiger partial charge in [-0.1, -0.05) is 391 Å². The molecule has 0 aromatic carbocycles. The summed E-state index contributed by atoms with van der Waals surface area (Å²) in [6, 6.07) is -0.542. The third-order valence-corrected chi connectivity index (χ3v) is 18.9. The minimum atomic E-state index is -0.665. The lowest BCUT2D eigenvalue weighted by Gasteiger charge is -2.22. The van der Waals surface area contributed by atoms with Gasteiger partial charge in [-0.25, -0.2) is 0 Å². The van der Waals surface area contributed by atoms with Crippen molar-refractivity contribution in [1.82, 2.24) is 5.32 Å². The highest BCUT2D eigenvalue weighted by molar-refractivity contribution is 5.76. The number of carbonyl (C=O) groups excluding carboxylic acids is 2. The number of hydrogen-bond donors (Lipinski definition) is 3. The first kappa shape index (κ1) is 86.1. The van der Waals surface area contributed by atoms with E-state index in [-0.39, 0.29) is 18.5 Å². The van der Waals surface area contributed by atoms with E-state index in [0.717, 1.165) is 51.4 Å². The molecule has 1 amide bonds. The van der Waals surface area contributed by atoms with Crippen LogP contribution in [0.5, 0.6) is 0 Å². The Balaban J connectivity index is 3.38. The Morgan fingerprint density at radius 1 is 0.318 bits per heavy atom. The molecule has 88 heavy (non-hydrogen) atoms. The molecule has 6 nitrogen and oxygen atoms in total. The van der Waals surface area contributed by atoms with Gasteiger partial charge in [-0.3, -0.25) is 9.59 Å². The number of unbranched alkanes of at least 4 members (excludes halogenated alkanes) is 59. The van der Waals surface area contributed by atoms with Crippen molar-refractivity contribution < 1.29 is 24.5 Å². The van der Waals surface area contributed by atoms with E-state index in [9.17, 15) is 19.8 Å². The molecule has 520 valence electrons. The molecule has 2 atom stereocenters. The molecule has 0 radical (unpaired) electrons. The van der Waals surface area contributed by atoms with Crippen molar-refractivity contribution in [3.05, 3.63) is 36.5 Å². The van der Waals surface area contributed by atoms with Gasteiger partial charge in [0.1, 0.15) is 0 Å². The fourth-order valence-corrected chi connectivity index (χ4v) is 12.8. The Kier molecular flexibility index (Phi) is 75.8. The van der Waals surface area contributed by atoms with Crippen LogP contribution in [-0.2, 0) is 14.3 Å². The molecule has 0 aromatic rings. The Labute approximate surface area is 551 Å². The first-order valence-electron chi connectivity index (χ1n) is 40.2. The highest BCUT2D eigenvalue weighted by Crippen LogP contribution is 2.20. The molecule has 0 bridgehead atoms. The van der Waals surface area contributed by atoms with Crippen LogP contribution in [0, 0.1) is 0 Å². The monoisotopic (exact) mass is 1240 g/mol. The number of hydrogen-bond acceptors (Lipinski definition) is 5. The molecule has 0 saturated heterocycles. The number of carbonyl (C=O) groups is 2. The quantitative estimate of drug-likeness (QED) is 0.0320. The summed E-state index contributed by atoms with van der Waals surface area (Å²) < 4.78 is 5.49. The van der Waals surface area contributed by atoms with Crippen LogP contribution in [0.3, 0.4) is 0 Å². The zero-order chi connectivity index (χ0) is 63.5. The molecule has 0 saturated carbocycles. The minimum Gasteiger partial charge on any atom is -0.466 e. The normalized spacial score (nSPS) is 12.6. The lowest BCUT2D eigenvalue weighted by Crippen LogP contribution is -2.45. The van der Waals surface area contributed by atoms with E-state index in [1.165, 1.54) is 366 Å². The number of amides is 1. The van der Waals surface area contributed by atoms with Crippen molar-refractivity contribution in [2.24, 2.45) is 0 Å². The van der Waals surface area contributed by atoms with Gasteiger partial charge in [0.2, 0.25) is 5.91 Å². The SMILES string of the molecule is CCCCCCC/C=C\CCCCCCCC(=O)OCCCCCCCCCCC/C=C\C/C=C\CCCCCCCCCCCCCCCCCCCC(=O)NC(CO)C(O)CCCCCCCCCCCCCCCCCCCCCCCCCC. The summed E-state index contributed by atoms with van der Waals surface area (Å²) in [5, 5.41) is 23.5. The summed E-state index contributed by atoms with van der Waals surface area (Å²) in [7, 11) is 0. The van der Waals surface area contributed by atoms with Crippen LogP contribution in [0.2, 0.25) is 0 Å². The second-order valence-corrected chi connectivity index (χ2v) is 27.7.